The minimum Gasteiger partial charge on any atom is -0.320 e. The molecular formula is C27H32F4N2O2. The Morgan fingerprint density at radius 1 is 1.06 bits per heavy atom. The number of hydrogen-bond donors (Lipinski definition) is 1. The van der Waals surface area contributed by atoms with Crippen LogP contribution >= 0.6 is 0 Å². The minimum absolute atomic E-state index is 0.181. The van der Waals surface area contributed by atoms with Crippen LogP contribution in [0.4, 0.5) is 23.2 Å². The second kappa shape index (κ2) is 8.07. The van der Waals surface area contributed by atoms with Crippen LogP contribution in [-0.4, -0.2) is 23.8 Å². The van der Waals surface area contributed by atoms with Crippen LogP contribution in [0, 0.1) is 57.8 Å². The fraction of sp³-hybridized carbons (Fsp3) is 0.630. The monoisotopic (exact) mass is 492 g/mol. The summed E-state index contributed by atoms with van der Waals surface area (Å²) in [5.41, 5.74) is 0.932. The fourth-order valence-corrected chi connectivity index (χ4v) is 8.34. The first-order valence-electron chi connectivity index (χ1n) is 12.5. The highest BCUT2D eigenvalue weighted by Gasteiger charge is 2.60. The van der Waals surface area contributed by atoms with E-state index in [0.717, 1.165) is 30.5 Å². The molecule has 1 aromatic carbocycles. The lowest BCUT2D eigenvalue weighted by atomic mass is 9.48. The molecule has 4 aliphatic rings. The average Bonchev–Trinajstić information content (AvgIpc) is 3.19. The van der Waals surface area contributed by atoms with Crippen LogP contribution in [0.1, 0.15) is 65.7 Å². The van der Waals surface area contributed by atoms with E-state index in [2.05, 4.69) is 20.8 Å². The number of hydrogen-bond acceptors (Lipinski definition) is 2. The highest BCUT2D eigenvalue weighted by atomic mass is 19.2. The van der Waals surface area contributed by atoms with Crippen molar-refractivity contribution in [1.82, 2.24) is 4.90 Å². The molecule has 2 saturated carbocycles. The van der Waals surface area contributed by atoms with Crippen LogP contribution in [0.5, 0.6) is 0 Å². The van der Waals surface area contributed by atoms with Crippen molar-refractivity contribution in [2.45, 2.75) is 65.7 Å². The lowest BCUT2D eigenvalue weighted by Gasteiger charge is -2.59. The van der Waals surface area contributed by atoms with Gasteiger partial charge in [0, 0.05) is 24.2 Å². The van der Waals surface area contributed by atoms with Gasteiger partial charge in [0.25, 0.3) is 0 Å². The molecule has 8 heteroatoms. The zero-order valence-corrected chi connectivity index (χ0v) is 20.6. The zero-order chi connectivity index (χ0) is 25.4. The number of amides is 2. The molecule has 1 N–H and O–H groups in total. The molecule has 1 aromatic rings. The van der Waals surface area contributed by atoms with Gasteiger partial charge >= 0.3 is 0 Å². The van der Waals surface area contributed by atoms with E-state index in [1.165, 1.54) is 19.3 Å². The van der Waals surface area contributed by atoms with Crippen LogP contribution in [-0.2, 0) is 9.59 Å². The van der Waals surface area contributed by atoms with Gasteiger partial charge < -0.3 is 10.2 Å². The maximum Gasteiger partial charge on any atom is 0.239 e. The van der Waals surface area contributed by atoms with Gasteiger partial charge in [0.1, 0.15) is 11.6 Å². The second-order valence-corrected chi connectivity index (χ2v) is 11.7. The normalized spacial score (nSPS) is 36.6. The Hall–Kier alpha value is -2.38. The van der Waals surface area contributed by atoms with E-state index in [0.29, 0.717) is 23.2 Å². The molecule has 190 valence electrons. The minimum atomic E-state index is -1.88. The Labute approximate surface area is 203 Å². The quantitative estimate of drug-likeness (QED) is 0.232. The van der Waals surface area contributed by atoms with Gasteiger partial charge in [-0.1, -0.05) is 25.8 Å². The summed E-state index contributed by atoms with van der Waals surface area (Å²) in [6, 6.07) is 0.181. The Morgan fingerprint density at radius 2 is 1.77 bits per heavy atom. The van der Waals surface area contributed by atoms with E-state index < -0.39 is 52.1 Å². The molecular weight excluding hydrogens is 460 g/mol. The predicted octanol–water partition coefficient (Wildman–Crippen LogP) is 6.18. The molecule has 2 amide bonds. The van der Waals surface area contributed by atoms with Crippen molar-refractivity contribution in [1.29, 1.82) is 0 Å². The molecule has 3 fully saturated rings. The van der Waals surface area contributed by atoms with Gasteiger partial charge in [0.2, 0.25) is 11.8 Å². The molecule has 35 heavy (non-hydrogen) atoms. The van der Waals surface area contributed by atoms with Crippen molar-refractivity contribution in [2.24, 2.45) is 34.5 Å². The van der Waals surface area contributed by atoms with Gasteiger partial charge in [-0.05, 0) is 68.6 Å². The largest absolute Gasteiger partial charge is 0.320 e. The first-order chi connectivity index (χ1) is 16.4. The maximum absolute atomic E-state index is 14.2. The number of piperidine rings is 1. The van der Waals surface area contributed by atoms with Gasteiger partial charge in [0.05, 0.1) is 0 Å². The molecule has 5 rings (SSSR count). The molecule has 1 unspecified atom stereocenters. The van der Waals surface area contributed by atoms with Crippen molar-refractivity contribution in [3.8, 4) is 0 Å². The summed E-state index contributed by atoms with van der Waals surface area (Å²) < 4.78 is 55.5. The summed E-state index contributed by atoms with van der Waals surface area (Å²) in [4.78, 5) is 28.0. The number of likely N-dealkylation sites (tertiary alicyclic amines) is 1. The first-order valence-corrected chi connectivity index (χ1v) is 12.5. The number of rotatable bonds is 2. The Morgan fingerprint density at radius 3 is 2.49 bits per heavy atom. The first kappa shape index (κ1) is 24.3. The Balaban J connectivity index is 1.49. The molecule has 0 bridgehead atoms. The van der Waals surface area contributed by atoms with Gasteiger partial charge in [-0.3, -0.25) is 9.59 Å². The van der Waals surface area contributed by atoms with Crippen LogP contribution in [0.2, 0.25) is 0 Å². The van der Waals surface area contributed by atoms with Crippen molar-refractivity contribution in [3.63, 3.8) is 0 Å². The molecule has 0 aromatic heterocycles. The van der Waals surface area contributed by atoms with Gasteiger partial charge in [0.15, 0.2) is 23.3 Å². The van der Waals surface area contributed by atoms with Crippen molar-refractivity contribution >= 4 is 17.5 Å². The number of nitrogens with zero attached hydrogens (tertiary/aromatic N) is 1. The highest BCUT2D eigenvalue weighted by Crippen LogP contribution is 2.65. The van der Waals surface area contributed by atoms with Crippen LogP contribution in [0.15, 0.2) is 17.3 Å². The van der Waals surface area contributed by atoms with Crippen molar-refractivity contribution < 1.29 is 27.2 Å². The van der Waals surface area contributed by atoms with Gasteiger partial charge in [-0.25, -0.2) is 17.6 Å². The SMILES string of the molecule is CC1=C2N(C)C(=O)C(C(=O)Nc3c(F)cc(F)c(F)c3F)C[C@]2(C)[C@@H]2CC[C@]3(C)CCC[C@H]3[C@@H]2C1. The molecule has 0 radical (unpaired) electrons. The third-order valence-electron chi connectivity index (χ3n) is 9.79. The molecule has 0 spiro atoms. The summed E-state index contributed by atoms with van der Waals surface area (Å²) in [6.07, 6.45) is 6.94. The van der Waals surface area contributed by atoms with E-state index in [-0.39, 0.29) is 12.5 Å². The summed E-state index contributed by atoms with van der Waals surface area (Å²) in [5, 5.41) is 2.05. The van der Waals surface area contributed by atoms with Gasteiger partial charge in [-0.15, -0.1) is 0 Å². The fourth-order valence-electron chi connectivity index (χ4n) is 8.34. The number of fused-ring (bicyclic) bond motifs is 5. The van der Waals surface area contributed by atoms with E-state index in [4.69, 9.17) is 0 Å². The number of anilines is 1. The van der Waals surface area contributed by atoms with E-state index in [1.807, 2.05) is 5.32 Å². The maximum atomic E-state index is 14.2. The topological polar surface area (TPSA) is 49.4 Å². The number of allylic oxidation sites excluding steroid dienone is 2. The summed E-state index contributed by atoms with van der Waals surface area (Å²) in [6.45, 7) is 6.58. The highest BCUT2D eigenvalue weighted by molar-refractivity contribution is 6.07. The number of nitrogens with one attached hydrogen (secondary N) is 1. The zero-order valence-electron chi connectivity index (χ0n) is 20.6. The van der Waals surface area contributed by atoms with Crippen LogP contribution < -0.4 is 5.32 Å². The van der Waals surface area contributed by atoms with Crippen molar-refractivity contribution in [2.75, 3.05) is 12.4 Å². The molecule has 1 aliphatic heterocycles. The molecule has 1 saturated heterocycles. The number of halogens is 4. The van der Waals surface area contributed by atoms with Gasteiger partial charge in [-0.2, -0.15) is 0 Å². The molecule has 1 heterocycles. The number of carbonyl (C=O) groups excluding carboxylic acids is 2. The average molecular weight is 493 g/mol. The molecule has 4 nitrogen and oxygen atoms in total. The van der Waals surface area contributed by atoms with E-state index in [1.54, 1.807) is 11.9 Å². The Kier molecular flexibility index (Phi) is 5.61. The third-order valence-corrected chi connectivity index (χ3v) is 9.79. The standard InChI is InChI=1S/C27H32F4N2O2/c1-13-10-14-16-6-5-8-26(16,2)9-7-17(14)27(3)12-15(25(35)33(4)23(13)27)24(34)32-22-19(29)11-18(28)20(30)21(22)31/h11,14-17H,5-10,12H2,1-4H3,(H,32,34)/t14-,15?,16-,17+,26-,27+/m0/s1. The van der Waals surface area contributed by atoms with Crippen LogP contribution in [0.25, 0.3) is 0 Å². The number of benzene rings is 1. The van der Waals surface area contributed by atoms with Crippen LogP contribution in [0.3, 0.4) is 0 Å². The summed E-state index contributed by atoms with van der Waals surface area (Å²) in [5.74, 6) is -8.01. The number of carbonyl (C=O) groups is 2. The van der Waals surface area contributed by atoms with E-state index >= 15 is 0 Å². The Bertz CT molecular complexity index is 1150. The van der Waals surface area contributed by atoms with E-state index in [9.17, 15) is 27.2 Å². The second-order valence-electron chi connectivity index (χ2n) is 11.7. The smallest absolute Gasteiger partial charge is 0.239 e. The molecule has 6 atom stereocenters. The lowest BCUT2D eigenvalue weighted by Crippen LogP contribution is -2.57. The predicted molar refractivity (Wildman–Crippen MR) is 123 cm³/mol. The molecule has 3 aliphatic carbocycles. The van der Waals surface area contributed by atoms with Crippen molar-refractivity contribution in [3.05, 3.63) is 40.6 Å². The summed E-state index contributed by atoms with van der Waals surface area (Å²) in [7, 11) is 1.65. The third kappa shape index (κ3) is 3.45. The summed E-state index contributed by atoms with van der Waals surface area (Å²) >= 11 is 0. The lowest BCUT2D eigenvalue weighted by molar-refractivity contribution is -0.147.